The molecule has 44 heavy (non-hydrogen) atoms. The average Bonchev–Trinajstić information content (AvgIpc) is 3.50. The number of nitrogens with zero attached hydrogens (tertiary/aromatic N) is 2. The van der Waals surface area contributed by atoms with E-state index in [9.17, 15) is 19.8 Å². The molecule has 4 aromatic rings. The van der Waals surface area contributed by atoms with Gasteiger partial charge in [0.2, 0.25) is 0 Å². The second-order valence-electron chi connectivity index (χ2n) is 11.7. The molecule has 8 heteroatoms. The molecule has 2 aliphatic rings. The van der Waals surface area contributed by atoms with Gasteiger partial charge >= 0.3 is 5.69 Å². The van der Waals surface area contributed by atoms with Crippen molar-refractivity contribution in [1.29, 1.82) is 0 Å². The zero-order valence-electron chi connectivity index (χ0n) is 24.6. The molecule has 1 aliphatic heterocycles. The van der Waals surface area contributed by atoms with E-state index in [1.54, 1.807) is 0 Å². The number of aromatic nitrogens is 2. The molecule has 6 rings (SSSR count). The summed E-state index contributed by atoms with van der Waals surface area (Å²) in [4.78, 5) is 30.7. The van der Waals surface area contributed by atoms with Crippen molar-refractivity contribution in [3.8, 4) is 11.8 Å². The van der Waals surface area contributed by atoms with Gasteiger partial charge in [-0.2, -0.15) is 0 Å². The number of nitrogens with one attached hydrogen (secondary N) is 1. The maximum atomic E-state index is 13.2. The molecule has 0 bridgehead atoms. The Morgan fingerprint density at radius 2 is 1.41 bits per heavy atom. The van der Waals surface area contributed by atoms with E-state index < -0.39 is 34.7 Å². The smallest absolute Gasteiger partial charge is 0.330 e. The van der Waals surface area contributed by atoms with Gasteiger partial charge in [-0.05, 0) is 29.5 Å². The minimum atomic E-state index is -0.833. The zero-order chi connectivity index (χ0) is 30.6. The summed E-state index contributed by atoms with van der Waals surface area (Å²) < 4.78 is 7.65. The first kappa shape index (κ1) is 29.8. The molecule has 0 radical (unpaired) electrons. The molecule has 1 saturated carbocycles. The highest BCUT2D eigenvalue weighted by Gasteiger charge is 2.46. The van der Waals surface area contributed by atoms with Crippen molar-refractivity contribution in [1.82, 2.24) is 14.5 Å². The van der Waals surface area contributed by atoms with Crippen LogP contribution in [0.25, 0.3) is 0 Å². The molecule has 1 aliphatic carbocycles. The summed E-state index contributed by atoms with van der Waals surface area (Å²) in [5, 5.41) is 21.1. The van der Waals surface area contributed by atoms with Crippen LogP contribution in [0.4, 0.5) is 0 Å². The van der Waals surface area contributed by atoms with Crippen molar-refractivity contribution in [3.63, 3.8) is 0 Å². The normalized spacial score (nSPS) is 20.1. The Balaban J connectivity index is 1.45. The summed E-state index contributed by atoms with van der Waals surface area (Å²) in [5.74, 6) is 5.85. The molecular formula is C36H37N3O5. The number of morpholine rings is 1. The van der Waals surface area contributed by atoms with Crippen molar-refractivity contribution in [2.75, 3.05) is 19.7 Å². The summed E-state index contributed by atoms with van der Waals surface area (Å²) in [6.45, 7) is 0.396. The molecule has 1 aromatic heterocycles. The van der Waals surface area contributed by atoms with Gasteiger partial charge in [0, 0.05) is 25.7 Å². The summed E-state index contributed by atoms with van der Waals surface area (Å²) in [5.41, 5.74) is 0.377. The van der Waals surface area contributed by atoms with Crippen LogP contribution in [0, 0.1) is 11.8 Å². The zero-order valence-corrected chi connectivity index (χ0v) is 24.6. The van der Waals surface area contributed by atoms with Crippen LogP contribution in [0.3, 0.4) is 0 Å². The second kappa shape index (κ2) is 12.8. The molecule has 8 nitrogen and oxygen atoms in total. The minimum absolute atomic E-state index is 0.118. The highest BCUT2D eigenvalue weighted by atomic mass is 16.5. The van der Waals surface area contributed by atoms with E-state index in [4.69, 9.17) is 4.74 Å². The lowest BCUT2D eigenvalue weighted by molar-refractivity contribution is -0.151. The van der Waals surface area contributed by atoms with E-state index in [2.05, 4.69) is 58.1 Å². The van der Waals surface area contributed by atoms with Crippen LogP contribution in [0.1, 0.15) is 60.6 Å². The summed E-state index contributed by atoms with van der Waals surface area (Å²) >= 11 is 0. The fourth-order valence-electron chi connectivity index (χ4n) is 6.73. The van der Waals surface area contributed by atoms with Crippen LogP contribution in [0.2, 0.25) is 0 Å². The van der Waals surface area contributed by atoms with Gasteiger partial charge in [0.25, 0.3) is 5.56 Å². The van der Waals surface area contributed by atoms with Gasteiger partial charge in [0.15, 0.2) is 6.23 Å². The topological polar surface area (TPSA) is 108 Å². The SMILES string of the molecule is O=c1[nH]c(=O)n(C2CN(C(c3ccccc3)(c3ccccc3)c3ccccc3)CC(CO)O2)cc1C#CCC1(O)CCCC1. The third kappa shape index (κ3) is 5.80. The van der Waals surface area contributed by atoms with Gasteiger partial charge in [-0.1, -0.05) is 116 Å². The summed E-state index contributed by atoms with van der Waals surface area (Å²) in [6, 6.07) is 30.6. The first-order valence-electron chi connectivity index (χ1n) is 15.2. The number of aliphatic hydroxyl groups is 2. The lowest BCUT2D eigenvalue weighted by atomic mass is 9.75. The Bertz CT molecular complexity index is 1640. The maximum absolute atomic E-state index is 13.2. The van der Waals surface area contributed by atoms with Gasteiger partial charge in [-0.25, -0.2) is 4.79 Å². The Hall–Kier alpha value is -4.26. The number of benzene rings is 3. The molecular weight excluding hydrogens is 554 g/mol. The van der Waals surface area contributed by atoms with E-state index in [1.165, 1.54) is 10.8 Å². The van der Waals surface area contributed by atoms with E-state index in [0.717, 1.165) is 29.5 Å². The van der Waals surface area contributed by atoms with Crippen LogP contribution < -0.4 is 11.2 Å². The maximum Gasteiger partial charge on any atom is 0.330 e. The third-order valence-electron chi connectivity index (χ3n) is 8.86. The van der Waals surface area contributed by atoms with Crippen molar-refractivity contribution in [3.05, 3.63) is 140 Å². The number of aliphatic hydroxyl groups excluding tert-OH is 1. The lowest BCUT2D eigenvalue weighted by Gasteiger charge is -2.50. The number of rotatable bonds is 7. The van der Waals surface area contributed by atoms with Crippen molar-refractivity contribution >= 4 is 0 Å². The highest BCUT2D eigenvalue weighted by Crippen LogP contribution is 2.44. The van der Waals surface area contributed by atoms with Crippen LogP contribution >= 0.6 is 0 Å². The van der Waals surface area contributed by atoms with Gasteiger partial charge < -0.3 is 14.9 Å². The highest BCUT2D eigenvalue weighted by molar-refractivity contribution is 5.49. The van der Waals surface area contributed by atoms with Gasteiger partial charge in [-0.3, -0.25) is 19.2 Å². The van der Waals surface area contributed by atoms with E-state index in [1.807, 2.05) is 54.6 Å². The van der Waals surface area contributed by atoms with Crippen LogP contribution in [0.5, 0.6) is 0 Å². The van der Waals surface area contributed by atoms with Crippen molar-refractivity contribution < 1.29 is 14.9 Å². The predicted octanol–water partition coefficient (Wildman–Crippen LogP) is 3.77. The Kier molecular flexibility index (Phi) is 8.65. The van der Waals surface area contributed by atoms with Crippen LogP contribution in [-0.4, -0.2) is 56.1 Å². The predicted molar refractivity (Wildman–Crippen MR) is 168 cm³/mol. The lowest BCUT2D eigenvalue weighted by Crippen LogP contribution is -2.58. The van der Waals surface area contributed by atoms with E-state index >= 15 is 0 Å². The third-order valence-corrected chi connectivity index (χ3v) is 8.86. The van der Waals surface area contributed by atoms with Gasteiger partial charge in [0.1, 0.15) is 5.56 Å². The first-order chi connectivity index (χ1) is 21.4. The van der Waals surface area contributed by atoms with Crippen LogP contribution in [0.15, 0.2) is 107 Å². The van der Waals surface area contributed by atoms with Crippen LogP contribution in [-0.2, 0) is 10.3 Å². The average molecular weight is 592 g/mol. The van der Waals surface area contributed by atoms with Crippen molar-refractivity contribution in [2.24, 2.45) is 0 Å². The molecule has 2 heterocycles. The Labute approximate surface area is 256 Å². The molecule has 1 saturated heterocycles. The van der Waals surface area contributed by atoms with Crippen molar-refractivity contribution in [2.45, 2.75) is 55.6 Å². The molecule has 2 atom stereocenters. The quantitative estimate of drug-likeness (QED) is 0.223. The summed E-state index contributed by atoms with van der Waals surface area (Å²) in [6.07, 6.45) is 3.55. The number of aromatic amines is 1. The largest absolute Gasteiger partial charge is 0.394 e. The first-order valence-corrected chi connectivity index (χ1v) is 15.2. The van der Waals surface area contributed by atoms with Gasteiger partial charge in [-0.15, -0.1) is 0 Å². The molecule has 226 valence electrons. The number of ether oxygens (including phenoxy) is 1. The number of H-pyrrole nitrogens is 1. The standard InChI is InChI=1S/C36H37N3O5/c40-26-31-24-38(36(28-14-4-1-5-15-28,29-16-6-2-7-17-29)30-18-8-3-9-19-30)25-32(44-31)39-23-27(33(41)37-34(39)42)13-12-22-35(43)20-10-11-21-35/h1-9,14-19,23,31-32,40,43H,10-11,20-22,24-26H2,(H,37,41,42). The van der Waals surface area contributed by atoms with E-state index in [0.29, 0.717) is 19.4 Å². The molecule has 2 unspecified atom stereocenters. The molecule has 3 aromatic carbocycles. The second-order valence-corrected chi connectivity index (χ2v) is 11.7. The Morgan fingerprint density at radius 1 is 0.864 bits per heavy atom. The molecule has 3 N–H and O–H groups in total. The fourth-order valence-corrected chi connectivity index (χ4v) is 6.73. The fraction of sp³-hybridized carbons (Fsp3) is 0.333. The Morgan fingerprint density at radius 3 is 1.93 bits per heavy atom. The summed E-state index contributed by atoms with van der Waals surface area (Å²) in [7, 11) is 0. The van der Waals surface area contributed by atoms with E-state index in [-0.39, 0.29) is 25.1 Å². The monoisotopic (exact) mass is 591 g/mol. The number of hydrogen-bond donors (Lipinski definition) is 3. The minimum Gasteiger partial charge on any atom is -0.394 e. The number of hydrogen-bond acceptors (Lipinski definition) is 6. The molecule has 2 fully saturated rings. The van der Waals surface area contributed by atoms with Gasteiger partial charge in [0.05, 0.1) is 23.9 Å². The molecule has 0 spiro atoms. The molecule has 0 amide bonds.